The predicted molar refractivity (Wildman–Crippen MR) is 84.2 cm³/mol. The van der Waals surface area contributed by atoms with Crippen molar-refractivity contribution in [2.75, 3.05) is 13.6 Å². The molecular weight excluding hydrogens is 284 g/mol. The highest BCUT2D eigenvalue weighted by atomic mass is 16.2. The second-order valence-electron chi connectivity index (χ2n) is 5.80. The highest BCUT2D eigenvalue weighted by Gasteiger charge is 2.14. The molecule has 0 spiro atoms. The van der Waals surface area contributed by atoms with Gasteiger partial charge in [-0.25, -0.2) is 0 Å². The summed E-state index contributed by atoms with van der Waals surface area (Å²) in [5, 5.41) is 2.70. The van der Waals surface area contributed by atoms with Gasteiger partial charge in [-0.2, -0.15) is 0 Å². The van der Waals surface area contributed by atoms with Crippen LogP contribution in [0.3, 0.4) is 0 Å². The molecule has 22 heavy (non-hydrogen) atoms. The number of unbranched alkanes of at least 4 members (excludes halogenated alkanes) is 2. The van der Waals surface area contributed by atoms with Crippen LogP contribution >= 0.6 is 0 Å². The van der Waals surface area contributed by atoms with Crippen molar-refractivity contribution < 1.29 is 19.2 Å². The van der Waals surface area contributed by atoms with Crippen molar-refractivity contribution in [1.82, 2.24) is 10.2 Å². The van der Waals surface area contributed by atoms with Crippen molar-refractivity contribution in [3.63, 3.8) is 0 Å². The topological polar surface area (TPSA) is 83.6 Å². The van der Waals surface area contributed by atoms with Gasteiger partial charge in [0.25, 0.3) is 0 Å². The lowest BCUT2D eigenvalue weighted by Crippen LogP contribution is -2.39. The smallest absolute Gasteiger partial charge is 0.222 e. The molecule has 0 saturated heterocycles. The Bertz CT molecular complexity index is 369. The molecule has 0 radical (unpaired) electrons. The highest BCUT2D eigenvalue weighted by molar-refractivity contribution is 5.79. The molecule has 1 N–H and O–H groups in total. The van der Waals surface area contributed by atoms with E-state index in [2.05, 4.69) is 5.32 Å². The first kappa shape index (κ1) is 20.3. The van der Waals surface area contributed by atoms with Crippen molar-refractivity contribution in [3.05, 3.63) is 0 Å². The number of amides is 2. The molecule has 0 saturated carbocycles. The quantitative estimate of drug-likeness (QED) is 0.435. The van der Waals surface area contributed by atoms with Crippen LogP contribution in [0.5, 0.6) is 0 Å². The van der Waals surface area contributed by atoms with Crippen LogP contribution in [0, 0.1) is 5.92 Å². The van der Waals surface area contributed by atoms with Crippen molar-refractivity contribution in [3.8, 4) is 0 Å². The fourth-order valence-corrected chi connectivity index (χ4v) is 1.93. The van der Waals surface area contributed by atoms with Crippen LogP contribution in [0.2, 0.25) is 0 Å². The fourth-order valence-electron chi connectivity index (χ4n) is 1.93. The van der Waals surface area contributed by atoms with Crippen molar-refractivity contribution in [1.29, 1.82) is 0 Å². The van der Waals surface area contributed by atoms with Crippen molar-refractivity contribution in [2.45, 2.75) is 58.4 Å². The van der Waals surface area contributed by atoms with Crippen LogP contribution in [0.25, 0.3) is 0 Å². The molecule has 0 bridgehead atoms. The Balaban J connectivity index is 3.76. The summed E-state index contributed by atoms with van der Waals surface area (Å²) in [7, 11) is 1.72. The van der Waals surface area contributed by atoms with Crippen LogP contribution in [-0.2, 0) is 19.2 Å². The maximum Gasteiger partial charge on any atom is 0.222 e. The van der Waals surface area contributed by atoms with E-state index in [0.717, 1.165) is 31.8 Å². The zero-order valence-electron chi connectivity index (χ0n) is 13.8. The van der Waals surface area contributed by atoms with E-state index in [4.69, 9.17) is 0 Å². The third kappa shape index (κ3) is 9.26. The first-order valence-electron chi connectivity index (χ1n) is 7.84. The minimum atomic E-state index is -0.422. The molecule has 0 aliphatic rings. The number of carbonyl (C=O) groups is 4. The fraction of sp³-hybridized carbons (Fsp3) is 0.750. The maximum atomic E-state index is 11.7. The molecule has 0 aromatic heterocycles. The van der Waals surface area contributed by atoms with Gasteiger partial charge >= 0.3 is 0 Å². The maximum absolute atomic E-state index is 11.7. The van der Waals surface area contributed by atoms with Gasteiger partial charge in [-0.3, -0.25) is 9.59 Å². The molecule has 6 nitrogen and oxygen atoms in total. The molecule has 0 aromatic carbocycles. The zero-order chi connectivity index (χ0) is 17.0. The Labute approximate surface area is 132 Å². The number of nitrogens with one attached hydrogen (secondary N) is 1. The molecule has 0 rings (SSSR count). The standard InChI is InChI=1S/C16H28N2O4/c1-13(2)14(12-20)17-15(21)8-5-4-6-10-18(3)16(22)9-7-11-19/h11-14H,4-10H2,1-3H3,(H,17,21). The van der Waals surface area contributed by atoms with Crippen molar-refractivity contribution >= 4 is 24.4 Å². The Morgan fingerprint density at radius 3 is 2.32 bits per heavy atom. The van der Waals surface area contributed by atoms with E-state index in [0.29, 0.717) is 13.0 Å². The molecule has 0 fully saturated rings. The van der Waals surface area contributed by atoms with Gasteiger partial charge in [0.1, 0.15) is 12.6 Å². The van der Waals surface area contributed by atoms with E-state index in [1.165, 1.54) is 0 Å². The summed E-state index contributed by atoms with van der Waals surface area (Å²) < 4.78 is 0. The molecule has 2 amide bonds. The third-order valence-corrected chi connectivity index (χ3v) is 3.49. The summed E-state index contributed by atoms with van der Waals surface area (Å²) in [5.41, 5.74) is 0. The summed E-state index contributed by atoms with van der Waals surface area (Å²) in [4.78, 5) is 45.9. The molecule has 126 valence electrons. The largest absolute Gasteiger partial charge is 0.346 e. The lowest BCUT2D eigenvalue weighted by atomic mass is 10.1. The number of aldehydes is 2. The van der Waals surface area contributed by atoms with Gasteiger partial charge in [0.2, 0.25) is 11.8 Å². The van der Waals surface area contributed by atoms with E-state index < -0.39 is 6.04 Å². The number of hydrogen-bond acceptors (Lipinski definition) is 4. The predicted octanol–water partition coefficient (Wildman–Crippen LogP) is 1.32. The molecular formula is C16H28N2O4. The van der Waals surface area contributed by atoms with Gasteiger partial charge in [-0.1, -0.05) is 20.3 Å². The Morgan fingerprint density at radius 2 is 1.77 bits per heavy atom. The van der Waals surface area contributed by atoms with E-state index in [1.807, 2.05) is 13.8 Å². The summed E-state index contributed by atoms with van der Waals surface area (Å²) in [6.45, 7) is 4.40. The first-order valence-corrected chi connectivity index (χ1v) is 7.84. The molecule has 6 heteroatoms. The van der Waals surface area contributed by atoms with Gasteiger partial charge in [0.05, 0.1) is 6.04 Å². The second kappa shape index (κ2) is 11.9. The van der Waals surface area contributed by atoms with Crippen LogP contribution in [0.4, 0.5) is 0 Å². The van der Waals surface area contributed by atoms with E-state index >= 15 is 0 Å². The minimum Gasteiger partial charge on any atom is -0.346 e. The summed E-state index contributed by atoms with van der Waals surface area (Å²) >= 11 is 0. The lowest BCUT2D eigenvalue weighted by Gasteiger charge is -2.17. The molecule has 0 heterocycles. The normalized spacial score (nSPS) is 11.8. The van der Waals surface area contributed by atoms with Gasteiger partial charge in [0, 0.05) is 32.9 Å². The molecule has 0 aliphatic carbocycles. The SMILES string of the molecule is CC(C)C(C=O)NC(=O)CCCCCN(C)C(=O)CCC=O. The Kier molecular flexibility index (Phi) is 11.0. The lowest BCUT2D eigenvalue weighted by molar-refractivity contribution is -0.131. The van der Waals surface area contributed by atoms with E-state index in [1.54, 1.807) is 11.9 Å². The Morgan fingerprint density at radius 1 is 1.09 bits per heavy atom. The van der Waals surface area contributed by atoms with E-state index in [9.17, 15) is 19.2 Å². The Hall–Kier alpha value is -1.72. The van der Waals surface area contributed by atoms with Gasteiger partial charge < -0.3 is 19.8 Å². The second-order valence-corrected chi connectivity index (χ2v) is 5.80. The number of carbonyl (C=O) groups excluding carboxylic acids is 4. The van der Waals surface area contributed by atoms with Crippen LogP contribution in [-0.4, -0.2) is 48.9 Å². The number of hydrogen-bond donors (Lipinski definition) is 1. The third-order valence-electron chi connectivity index (χ3n) is 3.49. The summed E-state index contributed by atoms with van der Waals surface area (Å²) in [6.07, 6.45) is 4.80. The summed E-state index contributed by atoms with van der Waals surface area (Å²) in [6, 6.07) is -0.422. The van der Waals surface area contributed by atoms with Gasteiger partial charge in [-0.15, -0.1) is 0 Å². The number of rotatable bonds is 12. The molecule has 0 aliphatic heterocycles. The molecule has 1 unspecified atom stereocenters. The van der Waals surface area contributed by atoms with Crippen LogP contribution in [0.15, 0.2) is 0 Å². The van der Waals surface area contributed by atoms with Crippen LogP contribution < -0.4 is 5.32 Å². The van der Waals surface area contributed by atoms with Crippen LogP contribution in [0.1, 0.15) is 52.4 Å². The molecule has 0 aromatic rings. The van der Waals surface area contributed by atoms with E-state index in [-0.39, 0.29) is 30.6 Å². The van der Waals surface area contributed by atoms with Crippen molar-refractivity contribution in [2.24, 2.45) is 5.92 Å². The average Bonchev–Trinajstić information content (AvgIpc) is 2.49. The highest BCUT2D eigenvalue weighted by Crippen LogP contribution is 2.04. The average molecular weight is 312 g/mol. The zero-order valence-corrected chi connectivity index (χ0v) is 13.8. The first-order chi connectivity index (χ1) is 10.4. The van der Waals surface area contributed by atoms with Gasteiger partial charge in [0.15, 0.2) is 0 Å². The summed E-state index contributed by atoms with van der Waals surface area (Å²) in [5.74, 6) is -0.0516. The monoisotopic (exact) mass is 312 g/mol. The van der Waals surface area contributed by atoms with Gasteiger partial charge in [-0.05, 0) is 18.8 Å². The number of nitrogens with zero attached hydrogens (tertiary/aromatic N) is 1. The minimum absolute atomic E-state index is 0.0319. The molecule has 1 atom stereocenters.